The topological polar surface area (TPSA) is 75.0 Å². The molecule has 8 heteroatoms. The van der Waals surface area contributed by atoms with Gasteiger partial charge in [0, 0.05) is 45.3 Å². The Labute approximate surface area is 142 Å². The Morgan fingerprint density at radius 3 is 2.46 bits per heavy atom. The molecule has 0 bridgehead atoms. The molecule has 3 rings (SSSR count). The van der Waals surface area contributed by atoms with Crippen LogP contribution in [-0.2, 0) is 0 Å². The Morgan fingerprint density at radius 1 is 1.21 bits per heavy atom. The number of hydrogen-bond acceptors (Lipinski definition) is 7. The van der Waals surface area contributed by atoms with Crippen molar-refractivity contribution in [3.8, 4) is 5.75 Å². The van der Waals surface area contributed by atoms with Gasteiger partial charge in [0.05, 0.1) is 18.1 Å². The molecule has 0 saturated carbocycles. The number of nitrogens with zero attached hydrogens (tertiary/aromatic N) is 5. The minimum atomic E-state index is -0.446. The fraction of sp³-hybridized carbons (Fsp3) is 0.688. The van der Waals surface area contributed by atoms with Gasteiger partial charge >= 0.3 is 0 Å². The van der Waals surface area contributed by atoms with Gasteiger partial charge in [-0.25, -0.2) is 4.98 Å². The zero-order chi connectivity index (χ0) is 17.1. The monoisotopic (exact) mass is 335 g/mol. The van der Waals surface area contributed by atoms with Crippen molar-refractivity contribution in [2.45, 2.75) is 18.9 Å². The summed E-state index contributed by atoms with van der Waals surface area (Å²) < 4.78 is 5.32. The number of anilines is 1. The molecule has 2 aliphatic rings. The Hall–Kier alpha value is -1.93. The molecule has 0 spiro atoms. The van der Waals surface area contributed by atoms with Crippen molar-refractivity contribution in [1.29, 1.82) is 0 Å². The molecule has 3 heterocycles. The number of aromatic nitrogens is 1. The zero-order valence-electron chi connectivity index (χ0n) is 14.3. The number of pyridine rings is 1. The SMILES string of the molecule is COc1cc([N+](=O)[O-])cnc1N1CCC(N2CCN(C)CC2)CC1. The molecule has 2 fully saturated rings. The maximum absolute atomic E-state index is 10.9. The molecule has 0 aliphatic carbocycles. The van der Waals surface area contributed by atoms with Crippen LogP contribution in [0.2, 0.25) is 0 Å². The third kappa shape index (κ3) is 3.59. The molecule has 2 saturated heterocycles. The summed E-state index contributed by atoms with van der Waals surface area (Å²) in [6.07, 6.45) is 3.49. The first kappa shape index (κ1) is 16.9. The van der Waals surface area contributed by atoms with E-state index in [1.54, 1.807) is 0 Å². The highest BCUT2D eigenvalue weighted by atomic mass is 16.6. The lowest BCUT2D eigenvalue weighted by Gasteiger charge is -2.42. The second kappa shape index (κ2) is 7.31. The van der Waals surface area contributed by atoms with Gasteiger partial charge in [-0.1, -0.05) is 0 Å². The summed E-state index contributed by atoms with van der Waals surface area (Å²) in [6, 6.07) is 2.08. The predicted octanol–water partition coefficient (Wildman–Crippen LogP) is 1.21. The summed E-state index contributed by atoms with van der Waals surface area (Å²) in [6.45, 7) is 6.35. The third-order valence-electron chi connectivity index (χ3n) is 5.07. The molecule has 1 aromatic rings. The number of rotatable bonds is 4. The smallest absolute Gasteiger partial charge is 0.291 e. The maximum atomic E-state index is 10.9. The first-order chi connectivity index (χ1) is 11.6. The van der Waals surface area contributed by atoms with Crippen LogP contribution in [0.5, 0.6) is 5.75 Å². The molecular formula is C16H25N5O3. The minimum absolute atomic E-state index is 0.0390. The van der Waals surface area contributed by atoms with Crippen LogP contribution in [0, 0.1) is 10.1 Å². The van der Waals surface area contributed by atoms with Crippen LogP contribution >= 0.6 is 0 Å². The molecule has 132 valence electrons. The van der Waals surface area contributed by atoms with Crippen molar-refractivity contribution < 1.29 is 9.66 Å². The van der Waals surface area contributed by atoms with Crippen molar-refractivity contribution in [1.82, 2.24) is 14.8 Å². The largest absolute Gasteiger partial charge is 0.493 e. The molecule has 8 nitrogen and oxygen atoms in total. The van der Waals surface area contributed by atoms with Crippen LogP contribution in [0.3, 0.4) is 0 Å². The standard InChI is InChI=1S/C16H25N5O3/c1-18-7-9-19(10-8-18)13-3-5-20(6-4-13)16-15(24-2)11-14(12-17-16)21(22)23/h11-13H,3-10H2,1-2H3. The van der Waals surface area contributed by atoms with E-state index in [1.807, 2.05) is 0 Å². The van der Waals surface area contributed by atoms with Crippen LogP contribution in [-0.4, -0.2) is 79.2 Å². The fourth-order valence-corrected chi connectivity index (χ4v) is 3.54. The Morgan fingerprint density at radius 2 is 1.88 bits per heavy atom. The van der Waals surface area contributed by atoms with Crippen molar-refractivity contribution >= 4 is 11.5 Å². The summed E-state index contributed by atoms with van der Waals surface area (Å²) in [5, 5.41) is 10.9. The van der Waals surface area contributed by atoms with Gasteiger partial charge in [0.1, 0.15) is 6.20 Å². The average molecular weight is 335 g/mol. The van der Waals surface area contributed by atoms with E-state index in [-0.39, 0.29) is 5.69 Å². The third-order valence-corrected chi connectivity index (χ3v) is 5.07. The highest BCUT2D eigenvalue weighted by Crippen LogP contribution is 2.31. The summed E-state index contributed by atoms with van der Waals surface area (Å²) in [5.74, 6) is 1.18. The summed E-state index contributed by atoms with van der Waals surface area (Å²) in [5.41, 5.74) is -0.0390. The predicted molar refractivity (Wildman–Crippen MR) is 91.7 cm³/mol. The van der Waals surface area contributed by atoms with Gasteiger partial charge in [0.25, 0.3) is 5.69 Å². The second-order valence-electron chi connectivity index (χ2n) is 6.53. The van der Waals surface area contributed by atoms with E-state index < -0.39 is 4.92 Å². The Kier molecular flexibility index (Phi) is 5.15. The maximum Gasteiger partial charge on any atom is 0.291 e. The van der Waals surface area contributed by atoms with Crippen LogP contribution < -0.4 is 9.64 Å². The average Bonchev–Trinajstić information content (AvgIpc) is 2.62. The van der Waals surface area contributed by atoms with Gasteiger partial charge in [-0.05, 0) is 19.9 Å². The van der Waals surface area contributed by atoms with Crippen molar-refractivity contribution in [2.75, 3.05) is 58.3 Å². The van der Waals surface area contributed by atoms with Crippen molar-refractivity contribution in [3.63, 3.8) is 0 Å². The van der Waals surface area contributed by atoms with E-state index in [0.717, 1.165) is 52.1 Å². The molecule has 2 aliphatic heterocycles. The summed E-state index contributed by atoms with van der Waals surface area (Å²) in [4.78, 5) is 21.9. The van der Waals surface area contributed by atoms with Crippen LogP contribution in [0.4, 0.5) is 11.5 Å². The summed E-state index contributed by atoms with van der Waals surface area (Å²) >= 11 is 0. The van der Waals surface area contributed by atoms with E-state index in [0.29, 0.717) is 17.6 Å². The van der Waals surface area contributed by atoms with Crippen molar-refractivity contribution in [2.24, 2.45) is 0 Å². The van der Waals surface area contributed by atoms with E-state index in [4.69, 9.17) is 4.74 Å². The Bertz CT molecular complexity index is 581. The number of nitro groups is 1. The van der Waals surface area contributed by atoms with Crippen LogP contribution in [0.15, 0.2) is 12.3 Å². The lowest BCUT2D eigenvalue weighted by Crippen LogP contribution is -2.52. The van der Waals surface area contributed by atoms with Gasteiger partial charge in [0.15, 0.2) is 11.6 Å². The second-order valence-corrected chi connectivity index (χ2v) is 6.53. The molecule has 0 unspecified atom stereocenters. The van der Waals surface area contributed by atoms with E-state index in [2.05, 4.69) is 26.7 Å². The van der Waals surface area contributed by atoms with Gasteiger partial charge in [-0.15, -0.1) is 0 Å². The molecule has 0 radical (unpaired) electrons. The molecule has 0 aromatic carbocycles. The molecule has 0 amide bonds. The lowest BCUT2D eigenvalue weighted by atomic mass is 10.0. The van der Waals surface area contributed by atoms with Crippen LogP contribution in [0.1, 0.15) is 12.8 Å². The summed E-state index contributed by atoms with van der Waals surface area (Å²) in [7, 11) is 3.70. The highest BCUT2D eigenvalue weighted by molar-refractivity contribution is 5.56. The van der Waals surface area contributed by atoms with Gasteiger partial charge in [0.2, 0.25) is 0 Å². The first-order valence-corrected chi connectivity index (χ1v) is 8.44. The lowest BCUT2D eigenvalue weighted by molar-refractivity contribution is -0.385. The minimum Gasteiger partial charge on any atom is -0.493 e. The van der Waals surface area contributed by atoms with E-state index in [9.17, 15) is 10.1 Å². The quantitative estimate of drug-likeness (QED) is 0.605. The first-order valence-electron chi connectivity index (χ1n) is 8.44. The number of methoxy groups -OCH3 is 1. The number of ether oxygens (including phenoxy) is 1. The fourth-order valence-electron chi connectivity index (χ4n) is 3.54. The molecule has 1 aromatic heterocycles. The normalized spacial score (nSPS) is 21.0. The van der Waals surface area contributed by atoms with Gasteiger partial charge in [-0.3, -0.25) is 15.0 Å². The Balaban J connectivity index is 1.63. The zero-order valence-corrected chi connectivity index (χ0v) is 14.3. The molecule has 24 heavy (non-hydrogen) atoms. The number of hydrogen-bond donors (Lipinski definition) is 0. The molecular weight excluding hydrogens is 310 g/mol. The van der Waals surface area contributed by atoms with Crippen LogP contribution in [0.25, 0.3) is 0 Å². The number of likely N-dealkylation sites (N-methyl/N-ethyl adjacent to an activating group) is 1. The van der Waals surface area contributed by atoms with Gasteiger partial charge in [-0.2, -0.15) is 0 Å². The van der Waals surface area contributed by atoms with E-state index in [1.165, 1.54) is 19.4 Å². The van der Waals surface area contributed by atoms with Crippen molar-refractivity contribution in [3.05, 3.63) is 22.4 Å². The van der Waals surface area contributed by atoms with E-state index >= 15 is 0 Å². The molecule has 0 atom stereocenters. The highest BCUT2D eigenvalue weighted by Gasteiger charge is 2.28. The van der Waals surface area contributed by atoms with Gasteiger partial charge < -0.3 is 14.5 Å². The number of piperazine rings is 1. The number of piperidine rings is 1. The molecule has 0 N–H and O–H groups in total.